The van der Waals surface area contributed by atoms with Crippen LogP contribution in [-0.2, 0) is 0 Å². The Morgan fingerprint density at radius 3 is 1.92 bits per heavy atom. The molecule has 0 radical (unpaired) electrons. The molecule has 1 fully saturated rings. The number of benzene rings is 2. The maximum absolute atomic E-state index is 12.6. The number of hydrogen-bond donors (Lipinski definition) is 0. The van der Waals surface area contributed by atoms with E-state index in [4.69, 9.17) is 0 Å². The van der Waals surface area contributed by atoms with Crippen LogP contribution >= 0.6 is 15.9 Å². The number of halogens is 1. The van der Waals surface area contributed by atoms with Crippen molar-refractivity contribution in [1.29, 1.82) is 0 Å². The SMILES string of the molecule is Cc1cccc(C(=O)N2CCN(C(=O)c3ccc(Br)cc3)CC2)c1. The van der Waals surface area contributed by atoms with Crippen LogP contribution in [0.5, 0.6) is 0 Å². The highest BCUT2D eigenvalue weighted by Crippen LogP contribution is 2.15. The third-order valence-corrected chi connectivity index (χ3v) is 4.74. The summed E-state index contributed by atoms with van der Waals surface area (Å²) in [4.78, 5) is 28.7. The van der Waals surface area contributed by atoms with Crippen molar-refractivity contribution < 1.29 is 9.59 Å². The fraction of sp³-hybridized carbons (Fsp3) is 0.263. The zero-order chi connectivity index (χ0) is 17.1. The Morgan fingerprint density at radius 2 is 1.38 bits per heavy atom. The molecule has 1 saturated heterocycles. The van der Waals surface area contributed by atoms with Gasteiger partial charge in [0.2, 0.25) is 0 Å². The standard InChI is InChI=1S/C19H19BrN2O2/c1-14-3-2-4-16(13-14)19(24)22-11-9-21(10-12-22)18(23)15-5-7-17(20)8-6-15/h2-8,13H,9-12H2,1H3. The van der Waals surface area contributed by atoms with Gasteiger partial charge >= 0.3 is 0 Å². The van der Waals surface area contributed by atoms with Gasteiger partial charge in [-0.3, -0.25) is 9.59 Å². The average molecular weight is 387 g/mol. The highest BCUT2D eigenvalue weighted by Gasteiger charge is 2.25. The summed E-state index contributed by atoms with van der Waals surface area (Å²) < 4.78 is 0.952. The van der Waals surface area contributed by atoms with Gasteiger partial charge in [-0.1, -0.05) is 33.6 Å². The first-order valence-electron chi connectivity index (χ1n) is 7.95. The van der Waals surface area contributed by atoms with Crippen LogP contribution in [0.4, 0.5) is 0 Å². The average Bonchev–Trinajstić information content (AvgIpc) is 2.61. The molecule has 0 saturated carbocycles. The quantitative estimate of drug-likeness (QED) is 0.793. The fourth-order valence-electron chi connectivity index (χ4n) is 2.85. The molecule has 4 nitrogen and oxygen atoms in total. The molecule has 0 aliphatic carbocycles. The lowest BCUT2D eigenvalue weighted by Crippen LogP contribution is -2.50. The molecule has 0 spiro atoms. The number of amides is 2. The van der Waals surface area contributed by atoms with E-state index in [9.17, 15) is 9.59 Å². The Bertz CT molecular complexity index is 750. The summed E-state index contributed by atoms with van der Waals surface area (Å²) in [6, 6.07) is 15.0. The van der Waals surface area contributed by atoms with Gasteiger partial charge in [-0.15, -0.1) is 0 Å². The Labute approximate surface area is 150 Å². The number of rotatable bonds is 2. The van der Waals surface area contributed by atoms with Gasteiger partial charge in [0.25, 0.3) is 11.8 Å². The van der Waals surface area contributed by atoms with Gasteiger partial charge < -0.3 is 9.80 Å². The van der Waals surface area contributed by atoms with Crippen molar-refractivity contribution in [1.82, 2.24) is 9.80 Å². The molecule has 0 bridgehead atoms. The lowest BCUT2D eigenvalue weighted by Gasteiger charge is -2.35. The van der Waals surface area contributed by atoms with Crippen molar-refractivity contribution in [3.63, 3.8) is 0 Å². The van der Waals surface area contributed by atoms with E-state index >= 15 is 0 Å². The molecule has 2 aromatic rings. The number of nitrogens with zero attached hydrogens (tertiary/aromatic N) is 2. The van der Waals surface area contributed by atoms with Crippen LogP contribution in [0.15, 0.2) is 53.0 Å². The Kier molecular flexibility index (Phi) is 5.00. The molecular weight excluding hydrogens is 368 g/mol. The molecule has 3 rings (SSSR count). The van der Waals surface area contributed by atoms with Crippen molar-refractivity contribution in [3.8, 4) is 0 Å². The molecule has 0 aromatic heterocycles. The van der Waals surface area contributed by atoms with E-state index in [-0.39, 0.29) is 11.8 Å². The van der Waals surface area contributed by atoms with Crippen LogP contribution in [-0.4, -0.2) is 47.8 Å². The first-order chi connectivity index (χ1) is 11.5. The summed E-state index contributed by atoms with van der Waals surface area (Å²) in [5.74, 6) is 0.0552. The molecule has 5 heteroatoms. The summed E-state index contributed by atoms with van der Waals surface area (Å²) >= 11 is 3.37. The molecule has 0 unspecified atom stereocenters. The molecule has 0 atom stereocenters. The number of carbonyl (C=O) groups is 2. The molecule has 2 aromatic carbocycles. The molecule has 24 heavy (non-hydrogen) atoms. The van der Waals surface area contributed by atoms with Gasteiger partial charge in [0.15, 0.2) is 0 Å². The van der Waals surface area contributed by atoms with Crippen LogP contribution in [0, 0.1) is 6.92 Å². The van der Waals surface area contributed by atoms with E-state index in [1.54, 1.807) is 0 Å². The van der Waals surface area contributed by atoms with Gasteiger partial charge in [0, 0.05) is 41.8 Å². The van der Waals surface area contributed by atoms with Crippen LogP contribution in [0.1, 0.15) is 26.3 Å². The minimum absolute atomic E-state index is 0.0187. The van der Waals surface area contributed by atoms with Crippen molar-refractivity contribution in [2.45, 2.75) is 6.92 Å². The fourth-order valence-corrected chi connectivity index (χ4v) is 3.11. The maximum atomic E-state index is 12.6. The number of aryl methyl sites for hydroxylation is 1. The third-order valence-electron chi connectivity index (χ3n) is 4.21. The zero-order valence-corrected chi connectivity index (χ0v) is 15.1. The van der Waals surface area contributed by atoms with Crippen LogP contribution in [0.25, 0.3) is 0 Å². The van der Waals surface area contributed by atoms with Gasteiger partial charge in [0.05, 0.1) is 0 Å². The van der Waals surface area contributed by atoms with Gasteiger partial charge in [-0.2, -0.15) is 0 Å². The highest BCUT2D eigenvalue weighted by atomic mass is 79.9. The third kappa shape index (κ3) is 3.67. The smallest absolute Gasteiger partial charge is 0.253 e. The Morgan fingerprint density at radius 1 is 0.833 bits per heavy atom. The Hall–Kier alpha value is -2.14. The first-order valence-corrected chi connectivity index (χ1v) is 8.75. The van der Waals surface area contributed by atoms with Crippen LogP contribution in [0.3, 0.4) is 0 Å². The molecule has 2 amide bonds. The minimum Gasteiger partial charge on any atom is -0.335 e. The second kappa shape index (κ2) is 7.18. The molecule has 1 aliphatic rings. The van der Waals surface area contributed by atoms with Crippen molar-refractivity contribution >= 4 is 27.7 Å². The zero-order valence-electron chi connectivity index (χ0n) is 13.5. The molecular formula is C19H19BrN2O2. The molecule has 1 heterocycles. The van der Waals surface area contributed by atoms with E-state index in [2.05, 4.69) is 15.9 Å². The normalized spacial score (nSPS) is 14.6. The lowest BCUT2D eigenvalue weighted by molar-refractivity contribution is 0.0535. The van der Waals surface area contributed by atoms with Gasteiger partial charge in [-0.25, -0.2) is 0 Å². The number of hydrogen-bond acceptors (Lipinski definition) is 2. The number of carbonyl (C=O) groups excluding carboxylic acids is 2. The number of piperazine rings is 1. The van der Waals surface area contributed by atoms with Crippen LogP contribution in [0.2, 0.25) is 0 Å². The van der Waals surface area contributed by atoms with E-state index in [0.29, 0.717) is 37.3 Å². The predicted octanol–water partition coefficient (Wildman–Crippen LogP) is 3.36. The summed E-state index contributed by atoms with van der Waals surface area (Å²) in [5, 5.41) is 0. The summed E-state index contributed by atoms with van der Waals surface area (Å²) in [6.45, 7) is 4.23. The summed E-state index contributed by atoms with van der Waals surface area (Å²) in [7, 11) is 0. The van der Waals surface area contributed by atoms with E-state index in [1.807, 2.05) is 65.3 Å². The topological polar surface area (TPSA) is 40.6 Å². The monoisotopic (exact) mass is 386 g/mol. The minimum atomic E-state index is 0.0187. The first kappa shape index (κ1) is 16.7. The largest absolute Gasteiger partial charge is 0.335 e. The lowest BCUT2D eigenvalue weighted by atomic mass is 10.1. The van der Waals surface area contributed by atoms with E-state index in [0.717, 1.165) is 10.0 Å². The van der Waals surface area contributed by atoms with Crippen molar-refractivity contribution in [3.05, 3.63) is 69.7 Å². The van der Waals surface area contributed by atoms with Crippen LogP contribution < -0.4 is 0 Å². The van der Waals surface area contributed by atoms with Crippen molar-refractivity contribution in [2.24, 2.45) is 0 Å². The molecule has 1 aliphatic heterocycles. The van der Waals surface area contributed by atoms with E-state index < -0.39 is 0 Å². The summed E-state index contributed by atoms with van der Waals surface area (Å²) in [5.41, 5.74) is 2.46. The van der Waals surface area contributed by atoms with Gasteiger partial charge in [-0.05, 0) is 43.3 Å². The van der Waals surface area contributed by atoms with E-state index in [1.165, 1.54) is 0 Å². The second-order valence-corrected chi connectivity index (χ2v) is 6.88. The highest BCUT2D eigenvalue weighted by molar-refractivity contribution is 9.10. The summed E-state index contributed by atoms with van der Waals surface area (Å²) in [6.07, 6.45) is 0. The van der Waals surface area contributed by atoms with Gasteiger partial charge in [0.1, 0.15) is 0 Å². The maximum Gasteiger partial charge on any atom is 0.253 e. The molecule has 0 N–H and O–H groups in total. The Balaban J connectivity index is 1.62. The second-order valence-electron chi connectivity index (χ2n) is 5.96. The van der Waals surface area contributed by atoms with Crippen molar-refractivity contribution in [2.75, 3.05) is 26.2 Å². The predicted molar refractivity (Wildman–Crippen MR) is 97.1 cm³/mol. The molecule has 124 valence electrons.